The van der Waals surface area contributed by atoms with Gasteiger partial charge in [-0.15, -0.1) is 0 Å². The Morgan fingerprint density at radius 2 is 2.24 bits per heavy atom. The van der Waals surface area contributed by atoms with Crippen LogP contribution in [0.15, 0.2) is 18.2 Å². The Labute approximate surface area is 131 Å². The summed E-state index contributed by atoms with van der Waals surface area (Å²) in [5.41, 5.74) is 2.50. The third kappa shape index (κ3) is 6.24. The quantitative estimate of drug-likeness (QED) is 0.794. The number of hydrogen-bond donors (Lipinski definition) is 2. The highest BCUT2D eigenvalue weighted by Crippen LogP contribution is 2.11. The number of aliphatic hydroxyl groups is 1. The highest BCUT2D eigenvalue weighted by atomic mass is 32.2. The SMILES string of the molecule is CCSCC(C)NC(=O)c1ccc(C)c(C#CCCO)c1. The first-order valence-corrected chi connectivity index (χ1v) is 8.33. The molecule has 1 unspecified atom stereocenters. The molecule has 0 spiro atoms. The fraction of sp³-hybridized carbons (Fsp3) is 0.471. The van der Waals surface area contributed by atoms with Crippen LogP contribution in [0.5, 0.6) is 0 Å². The maximum Gasteiger partial charge on any atom is 0.251 e. The molecule has 0 saturated carbocycles. The summed E-state index contributed by atoms with van der Waals surface area (Å²) in [6.45, 7) is 6.14. The molecule has 0 radical (unpaired) electrons. The fourth-order valence-corrected chi connectivity index (χ4v) is 2.43. The van der Waals surface area contributed by atoms with E-state index < -0.39 is 0 Å². The average Bonchev–Trinajstić information content (AvgIpc) is 2.47. The number of aliphatic hydroxyl groups excluding tert-OH is 1. The van der Waals surface area contributed by atoms with Crippen molar-refractivity contribution in [1.82, 2.24) is 5.32 Å². The van der Waals surface area contributed by atoms with Gasteiger partial charge in [-0.3, -0.25) is 4.79 Å². The predicted octanol–water partition coefficient (Wildman–Crippen LogP) is 2.60. The fourth-order valence-electron chi connectivity index (χ4n) is 1.75. The molecule has 1 amide bonds. The summed E-state index contributed by atoms with van der Waals surface area (Å²) in [5.74, 6) is 7.79. The van der Waals surface area contributed by atoms with Crippen molar-refractivity contribution in [3.8, 4) is 11.8 Å². The van der Waals surface area contributed by atoms with E-state index in [0.717, 1.165) is 22.6 Å². The number of aryl methyl sites for hydroxylation is 1. The van der Waals surface area contributed by atoms with E-state index in [1.165, 1.54) is 0 Å². The van der Waals surface area contributed by atoms with Gasteiger partial charge in [0.25, 0.3) is 5.91 Å². The monoisotopic (exact) mass is 305 g/mol. The molecular formula is C17H23NO2S. The molecule has 1 aromatic rings. The lowest BCUT2D eigenvalue weighted by Gasteiger charge is -2.13. The van der Waals surface area contributed by atoms with Gasteiger partial charge in [0.05, 0.1) is 6.61 Å². The molecule has 2 N–H and O–H groups in total. The van der Waals surface area contributed by atoms with Crippen molar-refractivity contribution in [2.45, 2.75) is 33.2 Å². The van der Waals surface area contributed by atoms with E-state index in [2.05, 4.69) is 24.1 Å². The number of carbonyl (C=O) groups excluding carboxylic acids is 1. The molecule has 4 heteroatoms. The van der Waals surface area contributed by atoms with Crippen LogP contribution in [-0.4, -0.2) is 35.2 Å². The highest BCUT2D eigenvalue weighted by molar-refractivity contribution is 7.99. The van der Waals surface area contributed by atoms with E-state index in [0.29, 0.717) is 12.0 Å². The Hall–Kier alpha value is -1.44. The van der Waals surface area contributed by atoms with Gasteiger partial charge in [-0.1, -0.05) is 24.8 Å². The number of carbonyl (C=O) groups is 1. The summed E-state index contributed by atoms with van der Waals surface area (Å²) >= 11 is 1.81. The summed E-state index contributed by atoms with van der Waals surface area (Å²) in [7, 11) is 0. The minimum atomic E-state index is -0.0654. The van der Waals surface area contributed by atoms with Crippen molar-refractivity contribution in [3.63, 3.8) is 0 Å². The van der Waals surface area contributed by atoms with Gasteiger partial charge in [0, 0.05) is 29.3 Å². The molecule has 3 nitrogen and oxygen atoms in total. The van der Waals surface area contributed by atoms with Crippen LogP contribution >= 0.6 is 11.8 Å². The second-order valence-corrected chi connectivity index (χ2v) is 6.16. The summed E-state index contributed by atoms with van der Waals surface area (Å²) in [5, 5.41) is 11.8. The van der Waals surface area contributed by atoms with E-state index in [1.807, 2.05) is 43.8 Å². The van der Waals surface area contributed by atoms with Crippen LogP contribution in [0.3, 0.4) is 0 Å². The number of amides is 1. The largest absolute Gasteiger partial charge is 0.395 e. The third-order valence-electron chi connectivity index (χ3n) is 2.91. The van der Waals surface area contributed by atoms with Gasteiger partial charge in [0.2, 0.25) is 0 Å². The van der Waals surface area contributed by atoms with E-state index in [4.69, 9.17) is 5.11 Å². The van der Waals surface area contributed by atoms with Crippen molar-refractivity contribution in [3.05, 3.63) is 34.9 Å². The molecule has 1 rings (SSSR count). The predicted molar refractivity (Wildman–Crippen MR) is 89.7 cm³/mol. The lowest BCUT2D eigenvalue weighted by molar-refractivity contribution is 0.0943. The van der Waals surface area contributed by atoms with Gasteiger partial charge in [-0.2, -0.15) is 11.8 Å². The second kappa shape index (κ2) is 9.49. The Kier molecular flexibility index (Phi) is 7.96. The Morgan fingerprint density at radius 3 is 2.90 bits per heavy atom. The summed E-state index contributed by atoms with van der Waals surface area (Å²) in [6.07, 6.45) is 0.446. The first kappa shape index (κ1) is 17.6. The van der Waals surface area contributed by atoms with Gasteiger partial charge in [0.1, 0.15) is 0 Å². The number of nitrogens with one attached hydrogen (secondary N) is 1. The molecule has 0 heterocycles. The van der Waals surface area contributed by atoms with Crippen LogP contribution < -0.4 is 5.32 Å². The molecule has 0 aliphatic carbocycles. The van der Waals surface area contributed by atoms with Crippen molar-refractivity contribution < 1.29 is 9.90 Å². The lowest BCUT2D eigenvalue weighted by Crippen LogP contribution is -2.34. The molecule has 0 aliphatic heterocycles. The van der Waals surface area contributed by atoms with Crippen LogP contribution in [0.1, 0.15) is 41.8 Å². The number of benzene rings is 1. The van der Waals surface area contributed by atoms with Crippen LogP contribution in [0, 0.1) is 18.8 Å². The first-order valence-electron chi connectivity index (χ1n) is 7.17. The Balaban J connectivity index is 2.77. The zero-order valence-electron chi connectivity index (χ0n) is 12.9. The number of hydrogen-bond acceptors (Lipinski definition) is 3. The van der Waals surface area contributed by atoms with Crippen LogP contribution in [0.2, 0.25) is 0 Å². The van der Waals surface area contributed by atoms with E-state index in [1.54, 1.807) is 0 Å². The van der Waals surface area contributed by atoms with Crippen LogP contribution in [0.4, 0.5) is 0 Å². The molecule has 0 bridgehead atoms. The normalized spacial score (nSPS) is 11.4. The minimum Gasteiger partial charge on any atom is -0.395 e. The van der Waals surface area contributed by atoms with Gasteiger partial charge in [-0.05, 0) is 37.3 Å². The molecule has 21 heavy (non-hydrogen) atoms. The van der Waals surface area contributed by atoms with E-state index in [9.17, 15) is 4.79 Å². The van der Waals surface area contributed by atoms with Crippen molar-refractivity contribution >= 4 is 17.7 Å². The maximum absolute atomic E-state index is 12.2. The summed E-state index contributed by atoms with van der Waals surface area (Å²) in [4.78, 5) is 12.2. The van der Waals surface area contributed by atoms with Crippen molar-refractivity contribution in [2.75, 3.05) is 18.1 Å². The molecule has 114 valence electrons. The van der Waals surface area contributed by atoms with Gasteiger partial charge >= 0.3 is 0 Å². The highest BCUT2D eigenvalue weighted by Gasteiger charge is 2.10. The van der Waals surface area contributed by atoms with Gasteiger partial charge in [-0.25, -0.2) is 0 Å². The van der Waals surface area contributed by atoms with E-state index in [-0.39, 0.29) is 18.6 Å². The third-order valence-corrected chi connectivity index (χ3v) is 4.05. The molecule has 0 saturated heterocycles. The molecule has 1 aromatic carbocycles. The molecule has 0 aromatic heterocycles. The zero-order valence-corrected chi connectivity index (χ0v) is 13.7. The smallest absolute Gasteiger partial charge is 0.251 e. The topological polar surface area (TPSA) is 49.3 Å². The van der Waals surface area contributed by atoms with Gasteiger partial charge in [0.15, 0.2) is 0 Å². The molecule has 0 fully saturated rings. The standard InChI is InChI=1S/C17H23NO2S/c1-4-21-12-14(3)18-17(20)16-9-8-13(2)15(11-16)7-5-6-10-19/h8-9,11,14,19H,4,6,10,12H2,1-3H3,(H,18,20). The molecule has 1 atom stereocenters. The average molecular weight is 305 g/mol. The Bertz CT molecular complexity index is 531. The lowest BCUT2D eigenvalue weighted by atomic mass is 10.0. The first-order chi connectivity index (χ1) is 10.1. The summed E-state index contributed by atoms with van der Waals surface area (Å²) in [6, 6.07) is 5.69. The zero-order chi connectivity index (χ0) is 15.7. The van der Waals surface area contributed by atoms with Gasteiger partial charge < -0.3 is 10.4 Å². The number of thioether (sulfide) groups is 1. The van der Waals surface area contributed by atoms with Crippen molar-refractivity contribution in [2.24, 2.45) is 0 Å². The van der Waals surface area contributed by atoms with Crippen LogP contribution in [0.25, 0.3) is 0 Å². The molecular weight excluding hydrogens is 282 g/mol. The minimum absolute atomic E-state index is 0.0544. The van der Waals surface area contributed by atoms with E-state index >= 15 is 0 Å². The van der Waals surface area contributed by atoms with Crippen LogP contribution in [-0.2, 0) is 0 Å². The van der Waals surface area contributed by atoms with Crippen molar-refractivity contribution in [1.29, 1.82) is 0 Å². The number of rotatable bonds is 6. The Morgan fingerprint density at radius 1 is 1.48 bits per heavy atom. The molecule has 0 aliphatic rings. The second-order valence-electron chi connectivity index (χ2n) is 4.84. The summed E-state index contributed by atoms with van der Waals surface area (Å²) < 4.78 is 0. The maximum atomic E-state index is 12.2.